The second-order valence-corrected chi connectivity index (χ2v) is 4.93. The molecule has 70 valence electrons. The van der Waals surface area contributed by atoms with Crippen molar-refractivity contribution in [1.82, 2.24) is 5.32 Å². The minimum Gasteiger partial charge on any atom is -0.313 e. The fourth-order valence-corrected chi connectivity index (χ4v) is 2.37. The van der Waals surface area contributed by atoms with E-state index in [9.17, 15) is 0 Å². The summed E-state index contributed by atoms with van der Waals surface area (Å²) in [7, 11) is 0. The molecule has 12 heavy (non-hydrogen) atoms. The van der Waals surface area contributed by atoms with Crippen LogP contribution in [0.3, 0.4) is 0 Å². The lowest BCUT2D eigenvalue weighted by atomic mass is 9.85. The van der Waals surface area contributed by atoms with Crippen LogP contribution >= 0.6 is 0 Å². The average Bonchev–Trinajstić information content (AvgIpc) is 2.87. The lowest BCUT2D eigenvalue weighted by Gasteiger charge is -2.32. The first-order chi connectivity index (χ1) is 5.77. The van der Waals surface area contributed by atoms with Crippen LogP contribution in [-0.4, -0.2) is 12.6 Å². The Morgan fingerprint density at radius 1 is 1.08 bits per heavy atom. The third-order valence-electron chi connectivity index (χ3n) is 3.62. The molecule has 1 saturated heterocycles. The number of hydrogen-bond donors (Lipinski definition) is 1. The zero-order chi connectivity index (χ0) is 8.55. The summed E-state index contributed by atoms with van der Waals surface area (Å²) < 4.78 is 0. The Bertz CT molecular complexity index is 131. The van der Waals surface area contributed by atoms with Crippen LogP contribution in [0.5, 0.6) is 0 Å². The van der Waals surface area contributed by atoms with Crippen LogP contribution in [0.25, 0.3) is 0 Å². The maximum atomic E-state index is 3.71. The molecule has 0 aromatic rings. The van der Waals surface area contributed by atoms with E-state index in [4.69, 9.17) is 0 Å². The standard InChI is InChI=1S/C11H21N/c1-8(2)10-5-6-11(12-7-10)9-3-4-9/h8-12H,3-7H2,1-2H3. The van der Waals surface area contributed by atoms with E-state index in [2.05, 4.69) is 19.2 Å². The molecule has 1 aliphatic heterocycles. The van der Waals surface area contributed by atoms with Crippen molar-refractivity contribution in [2.24, 2.45) is 17.8 Å². The highest BCUT2D eigenvalue weighted by molar-refractivity contribution is 4.90. The quantitative estimate of drug-likeness (QED) is 0.666. The minimum absolute atomic E-state index is 0.873. The van der Waals surface area contributed by atoms with Crippen molar-refractivity contribution in [3.05, 3.63) is 0 Å². The highest BCUT2D eigenvalue weighted by Gasteiger charge is 2.34. The molecule has 0 aromatic carbocycles. The second kappa shape index (κ2) is 3.37. The molecule has 1 N–H and O–H groups in total. The van der Waals surface area contributed by atoms with Crippen molar-refractivity contribution >= 4 is 0 Å². The molecule has 2 fully saturated rings. The van der Waals surface area contributed by atoms with Gasteiger partial charge in [0.2, 0.25) is 0 Å². The third-order valence-corrected chi connectivity index (χ3v) is 3.62. The van der Waals surface area contributed by atoms with Crippen molar-refractivity contribution in [2.45, 2.75) is 45.6 Å². The van der Waals surface area contributed by atoms with E-state index in [1.165, 1.54) is 32.2 Å². The maximum absolute atomic E-state index is 3.71. The first-order valence-corrected chi connectivity index (χ1v) is 5.50. The Balaban J connectivity index is 1.76. The van der Waals surface area contributed by atoms with E-state index in [0.717, 1.165) is 23.8 Å². The number of piperidine rings is 1. The molecular formula is C11H21N. The molecule has 1 nitrogen and oxygen atoms in total. The van der Waals surface area contributed by atoms with Crippen molar-refractivity contribution in [3.8, 4) is 0 Å². The molecule has 2 rings (SSSR count). The number of nitrogens with one attached hydrogen (secondary N) is 1. The molecule has 1 saturated carbocycles. The van der Waals surface area contributed by atoms with E-state index in [0.29, 0.717) is 0 Å². The maximum Gasteiger partial charge on any atom is 0.00955 e. The van der Waals surface area contributed by atoms with Gasteiger partial charge in [0.15, 0.2) is 0 Å². The lowest BCUT2D eigenvalue weighted by molar-refractivity contribution is 0.240. The van der Waals surface area contributed by atoms with Gasteiger partial charge in [-0.25, -0.2) is 0 Å². The highest BCUT2D eigenvalue weighted by atomic mass is 14.9. The van der Waals surface area contributed by atoms with Gasteiger partial charge in [-0.05, 0) is 50.0 Å². The van der Waals surface area contributed by atoms with Crippen LogP contribution in [0.2, 0.25) is 0 Å². The Kier molecular flexibility index (Phi) is 2.40. The van der Waals surface area contributed by atoms with Gasteiger partial charge in [0.25, 0.3) is 0 Å². The first kappa shape index (κ1) is 8.55. The molecule has 0 radical (unpaired) electrons. The van der Waals surface area contributed by atoms with Crippen LogP contribution in [0, 0.1) is 17.8 Å². The fraction of sp³-hybridized carbons (Fsp3) is 1.00. The Hall–Kier alpha value is -0.0400. The minimum atomic E-state index is 0.873. The van der Waals surface area contributed by atoms with Crippen LogP contribution in [-0.2, 0) is 0 Å². The van der Waals surface area contributed by atoms with E-state index in [1.54, 1.807) is 0 Å². The van der Waals surface area contributed by atoms with Crippen molar-refractivity contribution in [2.75, 3.05) is 6.54 Å². The smallest absolute Gasteiger partial charge is 0.00955 e. The molecule has 0 bridgehead atoms. The van der Waals surface area contributed by atoms with Gasteiger partial charge in [-0.3, -0.25) is 0 Å². The summed E-state index contributed by atoms with van der Waals surface area (Å²) in [4.78, 5) is 0. The molecule has 2 unspecified atom stereocenters. The molecule has 0 amide bonds. The lowest BCUT2D eigenvalue weighted by Crippen LogP contribution is -2.41. The average molecular weight is 167 g/mol. The van der Waals surface area contributed by atoms with E-state index in [-0.39, 0.29) is 0 Å². The van der Waals surface area contributed by atoms with E-state index >= 15 is 0 Å². The monoisotopic (exact) mass is 167 g/mol. The van der Waals surface area contributed by atoms with Gasteiger partial charge in [-0.1, -0.05) is 13.8 Å². The van der Waals surface area contributed by atoms with Crippen LogP contribution in [0.15, 0.2) is 0 Å². The zero-order valence-corrected chi connectivity index (χ0v) is 8.34. The predicted octanol–water partition coefficient (Wildman–Crippen LogP) is 2.42. The van der Waals surface area contributed by atoms with Gasteiger partial charge in [-0.15, -0.1) is 0 Å². The van der Waals surface area contributed by atoms with Gasteiger partial charge in [0, 0.05) is 6.04 Å². The summed E-state index contributed by atoms with van der Waals surface area (Å²) >= 11 is 0. The molecule has 2 aliphatic rings. The fourth-order valence-electron chi connectivity index (χ4n) is 2.37. The number of hydrogen-bond acceptors (Lipinski definition) is 1. The van der Waals surface area contributed by atoms with Gasteiger partial charge >= 0.3 is 0 Å². The van der Waals surface area contributed by atoms with Crippen LogP contribution in [0.1, 0.15) is 39.5 Å². The van der Waals surface area contributed by atoms with Gasteiger partial charge in [0.1, 0.15) is 0 Å². The van der Waals surface area contributed by atoms with Gasteiger partial charge in [0.05, 0.1) is 0 Å². The van der Waals surface area contributed by atoms with Crippen molar-refractivity contribution < 1.29 is 0 Å². The second-order valence-electron chi connectivity index (χ2n) is 4.93. The summed E-state index contributed by atoms with van der Waals surface area (Å²) in [6.07, 6.45) is 5.88. The van der Waals surface area contributed by atoms with E-state index < -0.39 is 0 Å². The number of rotatable bonds is 2. The molecule has 2 atom stereocenters. The zero-order valence-electron chi connectivity index (χ0n) is 8.34. The first-order valence-electron chi connectivity index (χ1n) is 5.50. The predicted molar refractivity (Wildman–Crippen MR) is 52.1 cm³/mol. The van der Waals surface area contributed by atoms with Crippen LogP contribution in [0.4, 0.5) is 0 Å². The highest BCUT2D eigenvalue weighted by Crippen LogP contribution is 2.37. The summed E-state index contributed by atoms with van der Waals surface area (Å²) in [5.74, 6) is 2.87. The van der Waals surface area contributed by atoms with Gasteiger partial charge in [-0.2, -0.15) is 0 Å². The molecule has 0 aromatic heterocycles. The molecule has 1 aliphatic carbocycles. The Labute approximate surface area is 75.9 Å². The third kappa shape index (κ3) is 1.82. The summed E-state index contributed by atoms with van der Waals surface area (Å²) in [5.41, 5.74) is 0. The van der Waals surface area contributed by atoms with Crippen molar-refractivity contribution in [1.29, 1.82) is 0 Å². The van der Waals surface area contributed by atoms with Crippen LogP contribution < -0.4 is 5.32 Å². The summed E-state index contributed by atoms with van der Waals surface area (Å²) in [6.45, 7) is 5.98. The van der Waals surface area contributed by atoms with E-state index in [1.807, 2.05) is 0 Å². The topological polar surface area (TPSA) is 12.0 Å². The molecule has 1 heterocycles. The van der Waals surface area contributed by atoms with Gasteiger partial charge < -0.3 is 5.32 Å². The molecule has 1 heteroatoms. The SMILES string of the molecule is CC(C)C1CCC(C2CC2)NC1. The largest absolute Gasteiger partial charge is 0.313 e. The summed E-state index contributed by atoms with van der Waals surface area (Å²) in [5, 5.41) is 3.71. The Morgan fingerprint density at radius 3 is 2.25 bits per heavy atom. The molecular weight excluding hydrogens is 146 g/mol. The normalized spacial score (nSPS) is 37.2. The molecule has 0 spiro atoms. The summed E-state index contributed by atoms with van der Waals surface area (Å²) in [6, 6.07) is 0.889. The Morgan fingerprint density at radius 2 is 1.83 bits per heavy atom. The van der Waals surface area contributed by atoms with Crippen molar-refractivity contribution in [3.63, 3.8) is 0 Å².